The molecule has 2 aromatic carbocycles. The van der Waals surface area contributed by atoms with E-state index in [9.17, 15) is 9.59 Å². The molecule has 0 radical (unpaired) electrons. The van der Waals surface area contributed by atoms with Gasteiger partial charge in [-0.2, -0.15) is 10.2 Å². The molecule has 6 nitrogen and oxygen atoms in total. The number of Topliss-reactive ketones (excluding diaryl/α,β-unsaturated/α-hetero) is 2. The molecule has 2 aromatic rings. The zero-order valence-electron chi connectivity index (χ0n) is 14.2. The minimum absolute atomic E-state index is 0.0460. The number of nitrogens with one attached hydrogen (secondary N) is 2. The van der Waals surface area contributed by atoms with E-state index in [0.29, 0.717) is 0 Å². The molecule has 0 bridgehead atoms. The van der Waals surface area contributed by atoms with E-state index < -0.39 is 0 Å². The third-order valence-electron chi connectivity index (χ3n) is 3.34. The molecule has 0 aliphatic heterocycles. The van der Waals surface area contributed by atoms with Crippen molar-refractivity contribution in [2.24, 2.45) is 10.2 Å². The summed E-state index contributed by atoms with van der Waals surface area (Å²) in [5.74, 6) is -0.450. The quantitative estimate of drug-likeness (QED) is 0.571. The van der Waals surface area contributed by atoms with Crippen LogP contribution in [0.5, 0.6) is 0 Å². The molecular formula is C19H20N4O2. The van der Waals surface area contributed by atoms with Gasteiger partial charge in [-0.15, -0.1) is 0 Å². The maximum absolute atomic E-state index is 11.8. The molecule has 0 saturated carbocycles. The highest BCUT2D eigenvalue weighted by Gasteiger charge is 2.15. The van der Waals surface area contributed by atoms with Crippen LogP contribution in [-0.4, -0.2) is 23.0 Å². The number of rotatable bonds is 8. The topological polar surface area (TPSA) is 82.9 Å². The van der Waals surface area contributed by atoms with E-state index in [-0.39, 0.29) is 29.4 Å². The second-order valence-corrected chi connectivity index (χ2v) is 5.36. The van der Waals surface area contributed by atoms with Crippen molar-refractivity contribution in [1.29, 1.82) is 0 Å². The summed E-state index contributed by atoms with van der Waals surface area (Å²) in [4.78, 5) is 23.7. The fraction of sp³-hybridized carbons (Fsp3) is 0.158. The van der Waals surface area contributed by atoms with Crippen molar-refractivity contribution in [2.75, 3.05) is 10.9 Å². The molecule has 0 aliphatic carbocycles. The molecule has 0 unspecified atom stereocenters. The van der Waals surface area contributed by atoms with Gasteiger partial charge in [0.2, 0.25) is 0 Å². The number of para-hydroxylation sites is 2. The predicted molar refractivity (Wildman–Crippen MR) is 101 cm³/mol. The largest absolute Gasteiger partial charge is 0.293 e. The number of hydrazone groups is 2. The monoisotopic (exact) mass is 336 g/mol. The van der Waals surface area contributed by atoms with Crippen LogP contribution in [0.3, 0.4) is 0 Å². The molecule has 2 rings (SSSR count). The molecule has 0 aliphatic rings. The first-order valence-electron chi connectivity index (χ1n) is 7.83. The van der Waals surface area contributed by atoms with E-state index in [1.807, 2.05) is 60.7 Å². The highest BCUT2D eigenvalue weighted by molar-refractivity contribution is 6.50. The summed E-state index contributed by atoms with van der Waals surface area (Å²) < 4.78 is 0. The number of benzene rings is 2. The van der Waals surface area contributed by atoms with Crippen LogP contribution in [0.2, 0.25) is 0 Å². The van der Waals surface area contributed by atoms with Gasteiger partial charge in [-0.1, -0.05) is 36.4 Å². The summed E-state index contributed by atoms with van der Waals surface area (Å²) in [5, 5.41) is 8.25. The second-order valence-electron chi connectivity index (χ2n) is 5.36. The van der Waals surface area contributed by atoms with Crippen LogP contribution in [0, 0.1) is 0 Å². The van der Waals surface area contributed by atoms with Crippen LogP contribution in [0.15, 0.2) is 70.9 Å². The summed E-state index contributed by atoms with van der Waals surface area (Å²) in [5.41, 5.74) is 7.62. The predicted octanol–water partition coefficient (Wildman–Crippen LogP) is 3.49. The van der Waals surface area contributed by atoms with Crippen molar-refractivity contribution in [3.63, 3.8) is 0 Å². The van der Waals surface area contributed by atoms with Gasteiger partial charge in [0.1, 0.15) is 11.4 Å². The van der Waals surface area contributed by atoms with Crippen molar-refractivity contribution in [3.05, 3.63) is 60.7 Å². The third kappa shape index (κ3) is 6.02. The number of hydrogen-bond acceptors (Lipinski definition) is 6. The first-order chi connectivity index (χ1) is 12.1. The van der Waals surface area contributed by atoms with Crippen molar-refractivity contribution in [1.82, 2.24) is 0 Å². The van der Waals surface area contributed by atoms with Gasteiger partial charge in [-0.05, 0) is 24.3 Å². The molecule has 0 heterocycles. The summed E-state index contributed by atoms with van der Waals surface area (Å²) >= 11 is 0. The average molecular weight is 336 g/mol. The molecule has 25 heavy (non-hydrogen) atoms. The van der Waals surface area contributed by atoms with E-state index in [2.05, 4.69) is 21.1 Å². The lowest BCUT2D eigenvalue weighted by atomic mass is 10.1. The van der Waals surface area contributed by atoms with Gasteiger partial charge in [0.15, 0.2) is 11.6 Å². The average Bonchev–Trinajstić information content (AvgIpc) is 2.62. The zero-order valence-corrected chi connectivity index (χ0v) is 14.2. The van der Waals surface area contributed by atoms with Gasteiger partial charge in [-0.25, -0.2) is 0 Å². The Bertz CT molecular complexity index is 716. The van der Waals surface area contributed by atoms with Crippen LogP contribution in [0.4, 0.5) is 11.4 Å². The van der Waals surface area contributed by atoms with Crippen molar-refractivity contribution in [2.45, 2.75) is 20.3 Å². The normalized spacial score (nSPS) is 11.8. The first kappa shape index (κ1) is 18.1. The molecular weight excluding hydrogens is 316 g/mol. The smallest absolute Gasteiger partial charge is 0.176 e. The summed E-state index contributed by atoms with van der Waals surface area (Å²) in [6.07, 6.45) is 0.0460. The van der Waals surface area contributed by atoms with Crippen molar-refractivity contribution < 1.29 is 9.59 Å². The van der Waals surface area contributed by atoms with Gasteiger partial charge >= 0.3 is 0 Å². The number of carbonyl (C=O) groups is 2. The Hall–Kier alpha value is -3.28. The van der Waals surface area contributed by atoms with E-state index in [4.69, 9.17) is 0 Å². The van der Waals surface area contributed by atoms with Crippen molar-refractivity contribution in [3.8, 4) is 0 Å². The molecule has 0 atom stereocenters. The highest BCUT2D eigenvalue weighted by atomic mass is 16.1. The highest BCUT2D eigenvalue weighted by Crippen LogP contribution is 2.07. The number of nitrogens with zero attached hydrogens (tertiary/aromatic N) is 2. The Labute approximate surface area is 146 Å². The minimum Gasteiger partial charge on any atom is -0.293 e. The van der Waals surface area contributed by atoms with Crippen LogP contribution in [0.1, 0.15) is 20.3 Å². The zero-order chi connectivity index (χ0) is 18.1. The standard InChI is InChI=1S/C19H20N4O2/c1-14(24)18(22-20-16-9-5-3-6-10-16)13-19(15(2)25)23-21-17-11-7-4-8-12-17/h3-12,20-21H,13H2,1-2H3/b22-18-,23-19-. The molecule has 2 N–H and O–H groups in total. The van der Waals surface area contributed by atoms with E-state index >= 15 is 0 Å². The van der Waals surface area contributed by atoms with Crippen LogP contribution in [0.25, 0.3) is 0 Å². The maximum atomic E-state index is 11.8. The fourth-order valence-electron chi connectivity index (χ4n) is 1.93. The number of carbonyl (C=O) groups excluding carboxylic acids is 2. The number of hydrogen-bond donors (Lipinski definition) is 2. The molecule has 6 heteroatoms. The van der Waals surface area contributed by atoms with Gasteiger partial charge in [-0.3, -0.25) is 20.4 Å². The summed E-state index contributed by atoms with van der Waals surface area (Å²) in [6, 6.07) is 18.5. The van der Waals surface area contributed by atoms with Gasteiger partial charge < -0.3 is 0 Å². The Kier molecular flexibility index (Phi) is 6.59. The fourth-order valence-corrected chi connectivity index (χ4v) is 1.93. The summed E-state index contributed by atoms with van der Waals surface area (Å²) in [6.45, 7) is 2.82. The van der Waals surface area contributed by atoms with Crippen LogP contribution >= 0.6 is 0 Å². The molecule has 0 aromatic heterocycles. The first-order valence-corrected chi connectivity index (χ1v) is 7.83. The van der Waals surface area contributed by atoms with Gasteiger partial charge in [0.05, 0.1) is 11.4 Å². The molecule has 0 fully saturated rings. The lowest BCUT2D eigenvalue weighted by molar-refractivity contribution is -0.111. The maximum Gasteiger partial charge on any atom is 0.176 e. The Balaban J connectivity index is 2.13. The van der Waals surface area contributed by atoms with E-state index in [1.165, 1.54) is 13.8 Å². The van der Waals surface area contributed by atoms with Gasteiger partial charge in [0, 0.05) is 20.3 Å². The minimum atomic E-state index is -0.225. The van der Waals surface area contributed by atoms with Crippen molar-refractivity contribution >= 4 is 34.4 Å². The van der Waals surface area contributed by atoms with E-state index in [0.717, 1.165) is 11.4 Å². The third-order valence-corrected chi connectivity index (χ3v) is 3.34. The Morgan fingerprint density at radius 1 is 0.720 bits per heavy atom. The molecule has 0 saturated heterocycles. The molecule has 0 spiro atoms. The number of ketones is 2. The van der Waals surface area contributed by atoms with Crippen LogP contribution in [-0.2, 0) is 9.59 Å². The Morgan fingerprint density at radius 3 is 1.40 bits per heavy atom. The lowest BCUT2D eigenvalue weighted by Crippen LogP contribution is -2.22. The van der Waals surface area contributed by atoms with E-state index in [1.54, 1.807) is 0 Å². The molecule has 128 valence electrons. The summed E-state index contributed by atoms with van der Waals surface area (Å²) in [7, 11) is 0. The lowest BCUT2D eigenvalue weighted by Gasteiger charge is -2.07. The SMILES string of the molecule is CC(=O)/C(C/C(=N/Nc1ccccc1)C(C)=O)=N\Nc1ccccc1. The van der Waals surface area contributed by atoms with Crippen LogP contribution < -0.4 is 10.9 Å². The Morgan fingerprint density at radius 2 is 1.08 bits per heavy atom. The molecule has 0 amide bonds. The van der Waals surface area contributed by atoms with Gasteiger partial charge in [0.25, 0.3) is 0 Å². The second kappa shape index (κ2) is 9.12. The number of anilines is 2.